The Morgan fingerprint density at radius 1 is 1.27 bits per heavy atom. The highest BCUT2D eigenvalue weighted by Crippen LogP contribution is 2.59. The Morgan fingerprint density at radius 3 is 2.65 bits per heavy atom. The number of hydrogen-bond acceptors (Lipinski definition) is 4. The number of carbonyl (C=O) groups excluding carboxylic acids is 1. The second-order valence-corrected chi connectivity index (χ2v) is 7.94. The minimum atomic E-state index is -0.320. The van der Waals surface area contributed by atoms with E-state index < -0.39 is 0 Å². The number of nitrogens with zero attached hydrogens (tertiary/aromatic N) is 2. The molecule has 3 fully saturated rings. The largest absolute Gasteiger partial charge is 0.494 e. The minimum absolute atomic E-state index is 0.256. The monoisotopic (exact) mass is 361 g/mol. The zero-order valence-corrected chi connectivity index (χ0v) is 15.5. The smallest absolute Gasteiger partial charge is 0.226 e. The first-order valence-corrected chi connectivity index (χ1v) is 9.66. The van der Waals surface area contributed by atoms with Gasteiger partial charge in [0.25, 0.3) is 0 Å². The van der Waals surface area contributed by atoms with Gasteiger partial charge in [0.15, 0.2) is 11.6 Å². The summed E-state index contributed by atoms with van der Waals surface area (Å²) in [5.41, 5.74) is 1.25. The third-order valence-electron chi connectivity index (χ3n) is 6.39. The topological polar surface area (TPSA) is 44.8 Å². The van der Waals surface area contributed by atoms with Crippen LogP contribution in [0.15, 0.2) is 18.2 Å². The van der Waals surface area contributed by atoms with Crippen LogP contribution in [0.3, 0.4) is 0 Å². The number of carbonyl (C=O) groups is 1. The molecule has 2 saturated heterocycles. The SMILES string of the molecule is COc1ccc(CN2CCN(C(=O)[C@@H]3CC34CCNCC4)CC2)cc1F. The normalized spacial score (nSPS) is 25.3. The molecule has 1 aromatic rings. The van der Waals surface area contributed by atoms with E-state index in [1.54, 1.807) is 12.1 Å². The molecule has 5 nitrogen and oxygen atoms in total. The molecule has 0 unspecified atom stereocenters. The van der Waals surface area contributed by atoms with Gasteiger partial charge in [0.1, 0.15) is 0 Å². The number of piperidine rings is 1. The lowest BCUT2D eigenvalue weighted by Gasteiger charge is -2.35. The number of benzene rings is 1. The number of rotatable bonds is 4. The Morgan fingerprint density at radius 2 is 2.00 bits per heavy atom. The molecular formula is C20H28FN3O2. The van der Waals surface area contributed by atoms with Crippen molar-refractivity contribution in [3.8, 4) is 5.75 Å². The molecule has 2 aliphatic heterocycles. The van der Waals surface area contributed by atoms with Crippen LogP contribution in [0.25, 0.3) is 0 Å². The van der Waals surface area contributed by atoms with Crippen molar-refractivity contribution in [2.45, 2.75) is 25.8 Å². The van der Waals surface area contributed by atoms with Gasteiger partial charge < -0.3 is 15.0 Å². The molecule has 142 valence electrons. The van der Waals surface area contributed by atoms with Crippen LogP contribution in [0.4, 0.5) is 4.39 Å². The maximum Gasteiger partial charge on any atom is 0.226 e. The van der Waals surface area contributed by atoms with E-state index in [0.717, 1.165) is 64.1 Å². The van der Waals surface area contributed by atoms with Gasteiger partial charge in [0, 0.05) is 38.6 Å². The van der Waals surface area contributed by atoms with Crippen molar-refractivity contribution in [2.75, 3.05) is 46.4 Å². The zero-order valence-electron chi connectivity index (χ0n) is 15.5. The Hall–Kier alpha value is -1.66. The van der Waals surface area contributed by atoms with E-state index in [9.17, 15) is 9.18 Å². The average Bonchev–Trinajstić information content (AvgIpc) is 3.35. The van der Waals surface area contributed by atoms with Crippen LogP contribution in [-0.4, -0.2) is 62.1 Å². The predicted octanol–water partition coefficient (Wildman–Crippen LogP) is 1.87. The molecule has 1 spiro atoms. The van der Waals surface area contributed by atoms with Crippen LogP contribution in [0.1, 0.15) is 24.8 Å². The van der Waals surface area contributed by atoms with Gasteiger partial charge >= 0.3 is 0 Å². The molecule has 1 aromatic carbocycles. The Labute approximate surface area is 154 Å². The standard InChI is InChI=1S/C20H28FN3O2/c1-26-18-3-2-15(12-17(18)21)14-23-8-10-24(11-9-23)19(25)16-13-20(16)4-6-22-7-5-20/h2-3,12,16,22H,4-11,13-14H2,1H3/t16-/m0/s1. The van der Waals surface area contributed by atoms with Gasteiger partial charge in [0.2, 0.25) is 5.91 Å². The highest BCUT2D eigenvalue weighted by molar-refractivity contribution is 5.83. The molecule has 6 heteroatoms. The van der Waals surface area contributed by atoms with Crippen molar-refractivity contribution in [3.05, 3.63) is 29.6 Å². The van der Waals surface area contributed by atoms with Crippen molar-refractivity contribution < 1.29 is 13.9 Å². The quantitative estimate of drug-likeness (QED) is 0.889. The van der Waals surface area contributed by atoms with E-state index >= 15 is 0 Å². The second kappa shape index (κ2) is 7.16. The number of ether oxygens (including phenoxy) is 1. The molecule has 1 aliphatic carbocycles. The molecule has 1 amide bonds. The molecule has 1 atom stereocenters. The first-order valence-electron chi connectivity index (χ1n) is 9.66. The molecule has 4 rings (SSSR count). The van der Waals surface area contributed by atoms with Gasteiger partial charge in [-0.25, -0.2) is 4.39 Å². The first-order chi connectivity index (χ1) is 12.6. The number of nitrogens with one attached hydrogen (secondary N) is 1. The number of piperazine rings is 1. The van der Waals surface area contributed by atoms with Crippen LogP contribution in [0.2, 0.25) is 0 Å². The Bertz CT molecular complexity index is 667. The summed E-state index contributed by atoms with van der Waals surface area (Å²) in [5.74, 6) is 0.578. The summed E-state index contributed by atoms with van der Waals surface area (Å²) >= 11 is 0. The first kappa shape index (κ1) is 17.7. The summed E-state index contributed by atoms with van der Waals surface area (Å²) in [5, 5.41) is 3.39. The van der Waals surface area contributed by atoms with Crippen molar-refractivity contribution in [1.82, 2.24) is 15.1 Å². The van der Waals surface area contributed by atoms with E-state index in [4.69, 9.17) is 4.74 Å². The van der Waals surface area contributed by atoms with Crippen molar-refractivity contribution in [3.63, 3.8) is 0 Å². The van der Waals surface area contributed by atoms with Gasteiger partial charge in [-0.05, 0) is 55.5 Å². The summed E-state index contributed by atoms with van der Waals surface area (Å²) < 4.78 is 18.8. The predicted molar refractivity (Wildman–Crippen MR) is 97.5 cm³/mol. The van der Waals surface area contributed by atoms with E-state index in [1.807, 2.05) is 11.0 Å². The van der Waals surface area contributed by atoms with Crippen LogP contribution in [-0.2, 0) is 11.3 Å². The Kier molecular flexibility index (Phi) is 4.88. The number of halogens is 1. The fourth-order valence-electron chi connectivity index (χ4n) is 4.59. The van der Waals surface area contributed by atoms with Crippen molar-refractivity contribution >= 4 is 5.91 Å². The highest BCUT2D eigenvalue weighted by atomic mass is 19.1. The number of amides is 1. The molecular weight excluding hydrogens is 333 g/mol. The fourth-order valence-corrected chi connectivity index (χ4v) is 4.59. The molecule has 26 heavy (non-hydrogen) atoms. The van der Waals surface area contributed by atoms with Crippen LogP contribution in [0.5, 0.6) is 5.75 Å². The molecule has 1 N–H and O–H groups in total. The van der Waals surface area contributed by atoms with Gasteiger partial charge in [-0.2, -0.15) is 0 Å². The van der Waals surface area contributed by atoms with E-state index in [0.29, 0.717) is 17.9 Å². The fraction of sp³-hybridized carbons (Fsp3) is 0.650. The molecule has 0 radical (unpaired) electrons. The van der Waals surface area contributed by atoms with Crippen LogP contribution < -0.4 is 10.1 Å². The maximum absolute atomic E-state index is 13.8. The van der Waals surface area contributed by atoms with Crippen molar-refractivity contribution in [1.29, 1.82) is 0 Å². The summed E-state index contributed by atoms with van der Waals surface area (Å²) in [7, 11) is 1.47. The van der Waals surface area contributed by atoms with Gasteiger partial charge in [0.05, 0.1) is 7.11 Å². The summed E-state index contributed by atoms with van der Waals surface area (Å²) in [4.78, 5) is 17.2. The average molecular weight is 361 g/mol. The molecule has 3 aliphatic rings. The Balaban J connectivity index is 1.28. The minimum Gasteiger partial charge on any atom is -0.494 e. The van der Waals surface area contributed by atoms with Gasteiger partial charge in [-0.3, -0.25) is 9.69 Å². The summed E-state index contributed by atoms with van der Waals surface area (Å²) in [6, 6.07) is 5.13. The van der Waals surface area contributed by atoms with Crippen molar-refractivity contribution in [2.24, 2.45) is 11.3 Å². The summed E-state index contributed by atoms with van der Waals surface area (Å²) in [6.07, 6.45) is 3.37. The molecule has 0 bridgehead atoms. The van der Waals surface area contributed by atoms with Crippen LogP contribution >= 0.6 is 0 Å². The highest BCUT2D eigenvalue weighted by Gasteiger charge is 2.58. The molecule has 1 saturated carbocycles. The van der Waals surface area contributed by atoms with Gasteiger partial charge in [-0.1, -0.05) is 6.07 Å². The zero-order chi connectivity index (χ0) is 18.1. The van der Waals surface area contributed by atoms with E-state index in [1.165, 1.54) is 7.11 Å². The molecule has 0 aromatic heterocycles. The molecule has 2 heterocycles. The lowest BCUT2D eigenvalue weighted by molar-refractivity contribution is -0.135. The number of hydrogen-bond donors (Lipinski definition) is 1. The third kappa shape index (κ3) is 3.45. The van der Waals surface area contributed by atoms with Gasteiger partial charge in [-0.15, -0.1) is 0 Å². The number of methoxy groups -OCH3 is 1. The second-order valence-electron chi connectivity index (χ2n) is 7.94. The lowest BCUT2D eigenvalue weighted by atomic mass is 9.91. The lowest BCUT2D eigenvalue weighted by Crippen LogP contribution is -2.49. The van der Waals surface area contributed by atoms with E-state index in [2.05, 4.69) is 10.2 Å². The maximum atomic E-state index is 13.8. The van der Waals surface area contributed by atoms with E-state index in [-0.39, 0.29) is 17.5 Å². The summed E-state index contributed by atoms with van der Waals surface area (Å²) in [6.45, 7) is 6.07. The third-order valence-corrected chi connectivity index (χ3v) is 6.39. The van der Waals surface area contributed by atoms with Crippen LogP contribution in [0, 0.1) is 17.2 Å².